The maximum Gasteiger partial charge on any atom is 0.306 e. The third-order valence-corrected chi connectivity index (χ3v) is 3.55. The first-order valence-electron chi connectivity index (χ1n) is 6.37. The van der Waals surface area contributed by atoms with E-state index in [1.54, 1.807) is 0 Å². The van der Waals surface area contributed by atoms with E-state index < -0.39 is 0 Å². The quantitative estimate of drug-likeness (QED) is 0.470. The van der Waals surface area contributed by atoms with Crippen LogP contribution in [0, 0.1) is 0 Å². The number of ether oxygens (including phenoxy) is 1. The molecule has 0 aliphatic heterocycles. The fraction of sp³-hybridized carbons (Fsp3) is 0.429. The lowest BCUT2D eigenvalue weighted by Crippen LogP contribution is -2.09. The molecule has 0 amide bonds. The summed E-state index contributed by atoms with van der Waals surface area (Å²) >= 11 is 6.65. The molecule has 104 valence electrons. The summed E-state index contributed by atoms with van der Waals surface area (Å²) in [4.78, 5) is 11.4. The van der Waals surface area contributed by atoms with Crippen LogP contribution in [0.4, 0.5) is 5.69 Å². The van der Waals surface area contributed by atoms with Crippen molar-refractivity contribution in [1.29, 1.82) is 0 Å². The van der Waals surface area contributed by atoms with Gasteiger partial charge in [-0.25, -0.2) is 0 Å². The van der Waals surface area contributed by atoms with Crippen LogP contribution in [0.5, 0.6) is 0 Å². The first-order chi connectivity index (χ1) is 9.22. The zero-order valence-electron chi connectivity index (χ0n) is 11.1. The van der Waals surface area contributed by atoms with Gasteiger partial charge in [0.25, 0.3) is 0 Å². The molecule has 0 aromatic heterocycles. The van der Waals surface area contributed by atoms with Crippen molar-refractivity contribution in [1.82, 2.24) is 0 Å². The lowest BCUT2D eigenvalue weighted by molar-refractivity contribution is -0.143. The second-order valence-electron chi connectivity index (χ2n) is 3.95. The molecule has 5 heteroatoms. The zero-order valence-corrected chi connectivity index (χ0v) is 12.7. The van der Waals surface area contributed by atoms with E-state index in [0.29, 0.717) is 23.1 Å². The van der Waals surface area contributed by atoms with Gasteiger partial charge in [0.2, 0.25) is 0 Å². The molecule has 0 fully saturated rings. The molecule has 1 N–H and O–H groups in total. The average Bonchev–Trinajstić information content (AvgIpc) is 2.40. The number of thioether (sulfide) groups is 1. The van der Waals surface area contributed by atoms with Crippen LogP contribution in [0.25, 0.3) is 0 Å². The molecule has 1 aromatic rings. The summed E-state index contributed by atoms with van der Waals surface area (Å²) in [5.41, 5.74) is 0.963. The molecule has 0 spiro atoms. The van der Waals surface area contributed by atoms with E-state index >= 15 is 0 Å². The number of hydrogen-bond donors (Lipinski definition) is 1. The van der Waals surface area contributed by atoms with Crippen LogP contribution in [0.15, 0.2) is 30.3 Å². The van der Waals surface area contributed by atoms with Crippen LogP contribution < -0.4 is 5.32 Å². The Labute approximate surface area is 124 Å². The number of esters is 1. The Balaban J connectivity index is 2.12. The molecule has 0 saturated carbocycles. The van der Waals surface area contributed by atoms with Crippen LogP contribution >= 0.6 is 24.0 Å². The van der Waals surface area contributed by atoms with Gasteiger partial charge in [0.15, 0.2) is 0 Å². The Hall–Kier alpha value is -1.07. The average molecular weight is 297 g/mol. The fourth-order valence-corrected chi connectivity index (χ4v) is 2.32. The maximum atomic E-state index is 11.4. The lowest BCUT2D eigenvalue weighted by Gasteiger charge is -2.07. The summed E-state index contributed by atoms with van der Waals surface area (Å²) in [6, 6.07) is 9.74. The highest BCUT2D eigenvalue weighted by atomic mass is 32.2. The second-order valence-corrected chi connectivity index (χ2v) is 5.72. The summed E-state index contributed by atoms with van der Waals surface area (Å²) < 4.78 is 5.74. The highest BCUT2D eigenvalue weighted by Gasteiger charge is 2.04. The molecule has 0 aliphatic carbocycles. The largest absolute Gasteiger partial charge is 0.466 e. The minimum atomic E-state index is -0.150. The molecular weight excluding hydrogens is 278 g/mol. The Morgan fingerprint density at radius 1 is 1.37 bits per heavy atom. The molecule has 0 atom stereocenters. The van der Waals surface area contributed by atoms with Crippen molar-refractivity contribution in [3.63, 3.8) is 0 Å². The number of benzene rings is 1. The van der Waals surface area contributed by atoms with Gasteiger partial charge < -0.3 is 10.1 Å². The molecule has 0 saturated heterocycles. The van der Waals surface area contributed by atoms with Gasteiger partial charge in [-0.2, -0.15) is 0 Å². The molecule has 3 nitrogen and oxygen atoms in total. The van der Waals surface area contributed by atoms with E-state index in [0.717, 1.165) is 18.5 Å². The van der Waals surface area contributed by atoms with E-state index in [9.17, 15) is 4.79 Å². The number of anilines is 1. The summed E-state index contributed by atoms with van der Waals surface area (Å²) in [6.45, 7) is 2.59. The van der Waals surface area contributed by atoms with Crippen molar-refractivity contribution in [2.75, 3.05) is 17.7 Å². The summed E-state index contributed by atoms with van der Waals surface area (Å²) in [6.07, 6.45) is 2.35. The molecule has 1 aromatic carbocycles. The second kappa shape index (κ2) is 9.81. The first kappa shape index (κ1) is 16.0. The predicted molar refractivity (Wildman–Crippen MR) is 85.6 cm³/mol. The smallest absolute Gasteiger partial charge is 0.306 e. The zero-order chi connectivity index (χ0) is 13.9. The highest BCUT2D eigenvalue weighted by Crippen LogP contribution is 2.12. The van der Waals surface area contributed by atoms with Crippen molar-refractivity contribution in [2.45, 2.75) is 26.2 Å². The molecule has 1 rings (SSSR count). The molecule has 0 heterocycles. The standard InChI is InChI=1S/C14H19NO2S2/c1-2-3-10-17-13(16)9-11-19-14(18)15-12-7-5-4-6-8-12/h4-8H,2-3,9-11H2,1H3,(H,15,18). The van der Waals surface area contributed by atoms with Crippen LogP contribution in [0.2, 0.25) is 0 Å². The minimum absolute atomic E-state index is 0.150. The number of carbonyl (C=O) groups excluding carboxylic acids is 1. The van der Waals surface area contributed by atoms with Gasteiger partial charge in [0.05, 0.1) is 13.0 Å². The summed E-state index contributed by atoms with van der Waals surface area (Å²) in [5.74, 6) is 0.493. The lowest BCUT2D eigenvalue weighted by atomic mass is 10.3. The van der Waals surface area contributed by atoms with Crippen LogP contribution in [0.3, 0.4) is 0 Å². The highest BCUT2D eigenvalue weighted by molar-refractivity contribution is 8.23. The summed E-state index contributed by atoms with van der Waals surface area (Å²) in [7, 11) is 0. The molecule has 0 bridgehead atoms. The van der Waals surface area contributed by atoms with Crippen molar-refractivity contribution < 1.29 is 9.53 Å². The van der Waals surface area contributed by atoms with Gasteiger partial charge in [-0.3, -0.25) is 4.79 Å². The Bertz CT molecular complexity index is 396. The SMILES string of the molecule is CCCCOC(=O)CCSC(=S)Nc1ccccc1. The van der Waals surface area contributed by atoms with Gasteiger partial charge in [-0.1, -0.05) is 55.5 Å². The van der Waals surface area contributed by atoms with Crippen LogP contribution in [-0.4, -0.2) is 22.6 Å². The van der Waals surface area contributed by atoms with E-state index in [2.05, 4.69) is 12.2 Å². The normalized spacial score (nSPS) is 9.95. The van der Waals surface area contributed by atoms with Gasteiger partial charge in [-0.15, -0.1) is 0 Å². The fourth-order valence-electron chi connectivity index (χ4n) is 1.30. The number of carbonyl (C=O) groups is 1. The van der Waals surface area contributed by atoms with E-state index in [1.165, 1.54) is 11.8 Å². The molecule has 0 radical (unpaired) electrons. The molecule has 0 unspecified atom stereocenters. The van der Waals surface area contributed by atoms with Crippen LogP contribution in [-0.2, 0) is 9.53 Å². The minimum Gasteiger partial charge on any atom is -0.466 e. The Morgan fingerprint density at radius 2 is 2.11 bits per heavy atom. The van der Waals surface area contributed by atoms with E-state index in [1.807, 2.05) is 30.3 Å². The number of para-hydroxylation sites is 1. The van der Waals surface area contributed by atoms with Crippen molar-refractivity contribution >= 4 is 40.0 Å². The molecular formula is C14H19NO2S2. The topological polar surface area (TPSA) is 38.3 Å². The number of rotatable bonds is 7. The van der Waals surface area contributed by atoms with E-state index in [-0.39, 0.29) is 5.97 Å². The van der Waals surface area contributed by atoms with Crippen molar-refractivity contribution in [2.24, 2.45) is 0 Å². The number of nitrogens with one attached hydrogen (secondary N) is 1. The predicted octanol–water partition coefficient (Wildman–Crippen LogP) is 3.85. The number of unbranched alkanes of at least 4 members (excludes halogenated alkanes) is 1. The number of hydrogen-bond acceptors (Lipinski definition) is 4. The van der Waals surface area contributed by atoms with Crippen molar-refractivity contribution in [3.8, 4) is 0 Å². The third-order valence-electron chi connectivity index (χ3n) is 2.32. The third kappa shape index (κ3) is 7.85. The van der Waals surface area contributed by atoms with Gasteiger partial charge >= 0.3 is 5.97 Å². The Morgan fingerprint density at radius 3 is 2.79 bits per heavy atom. The Kier molecular flexibility index (Phi) is 8.25. The van der Waals surface area contributed by atoms with Gasteiger partial charge in [0, 0.05) is 11.4 Å². The maximum absolute atomic E-state index is 11.4. The molecule has 19 heavy (non-hydrogen) atoms. The molecule has 0 aliphatic rings. The van der Waals surface area contributed by atoms with Gasteiger partial charge in [0.1, 0.15) is 4.32 Å². The van der Waals surface area contributed by atoms with Crippen molar-refractivity contribution in [3.05, 3.63) is 30.3 Å². The monoisotopic (exact) mass is 297 g/mol. The van der Waals surface area contributed by atoms with Gasteiger partial charge in [-0.05, 0) is 18.6 Å². The first-order valence-corrected chi connectivity index (χ1v) is 7.76. The summed E-state index contributed by atoms with van der Waals surface area (Å²) in [5, 5.41) is 3.11. The number of thiocarbonyl (C=S) groups is 1. The van der Waals surface area contributed by atoms with Crippen LogP contribution in [0.1, 0.15) is 26.2 Å². The van der Waals surface area contributed by atoms with E-state index in [4.69, 9.17) is 17.0 Å².